The molecule has 1 aromatic rings. The highest BCUT2D eigenvalue weighted by molar-refractivity contribution is 14.1. The Morgan fingerprint density at radius 2 is 2.20 bits per heavy atom. The van der Waals surface area contributed by atoms with E-state index in [-0.39, 0.29) is 0 Å². The molecule has 0 bridgehead atoms. The van der Waals surface area contributed by atoms with Crippen molar-refractivity contribution in [3.8, 4) is 5.75 Å². The lowest BCUT2D eigenvalue weighted by Gasteiger charge is -2.10. The van der Waals surface area contributed by atoms with Crippen LogP contribution in [0, 0.1) is 3.57 Å². The zero-order valence-electron chi connectivity index (χ0n) is 8.92. The second kappa shape index (κ2) is 6.85. The van der Waals surface area contributed by atoms with Gasteiger partial charge in [-0.3, -0.25) is 0 Å². The highest BCUT2D eigenvalue weighted by Gasteiger charge is 2.00. The molecule has 15 heavy (non-hydrogen) atoms. The van der Waals surface area contributed by atoms with Crippen molar-refractivity contribution in [2.45, 2.75) is 6.92 Å². The van der Waals surface area contributed by atoms with E-state index in [2.05, 4.69) is 41.4 Å². The number of ether oxygens (including phenoxy) is 1. The maximum Gasteiger partial charge on any atom is 0.133 e. The van der Waals surface area contributed by atoms with Gasteiger partial charge in [0.25, 0.3) is 0 Å². The number of nitrogens with one attached hydrogen (secondary N) is 1. The van der Waals surface area contributed by atoms with Gasteiger partial charge < -0.3 is 10.1 Å². The summed E-state index contributed by atoms with van der Waals surface area (Å²) in [5.74, 6) is 0.927. The standard InChI is InChI=1S/C12H16INO/c1-3-14-8-10(2)9-15-12-7-5-4-6-11(12)13/h4-7,14H,2-3,8-9H2,1H3. The Labute approximate surface area is 105 Å². The zero-order chi connectivity index (χ0) is 11.1. The van der Waals surface area contributed by atoms with Crippen LogP contribution in [0.5, 0.6) is 5.75 Å². The summed E-state index contributed by atoms with van der Waals surface area (Å²) >= 11 is 2.27. The van der Waals surface area contributed by atoms with Gasteiger partial charge >= 0.3 is 0 Å². The molecular formula is C12H16INO. The highest BCUT2D eigenvalue weighted by Crippen LogP contribution is 2.19. The number of halogens is 1. The van der Waals surface area contributed by atoms with Crippen LogP contribution in [0.25, 0.3) is 0 Å². The Kier molecular flexibility index (Phi) is 5.71. The summed E-state index contributed by atoms with van der Waals surface area (Å²) in [5.41, 5.74) is 1.07. The summed E-state index contributed by atoms with van der Waals surface area (Å²) in [6.45, 7) is 8.38. The topological polar surface area (TPSA) is 21.3 Å². The van der Waals surface area contributed by atoms with Crippen molar-refractivity contribution >= 4 is 22.6 Å². The molecule has 1 aromatic carbocycles. The molecule has 0 aliphatic rings. The van der Waals surface area contributed by atoms with Gasteiger partial charge in [-0.1, -0.05) is 25.6 Å². The number of para-hydroxylation sites is 1. The number of hydrogen-bond donors (Lipinski definition) is 1. The summed E-state index contributed by atoms with van der Waals surface area (Å²) < 4.78 is 6.78. The first kappa shape index (κ1) is 12.5. The molecule has 0 radical (unpaired) electrons. The van der Waals surface area contributed by atoms with E-state index >= 15 is 0 Å². The van der Waals surface area contributed by atoms with E-state index in [9.17, 15) is 0 Å². The summed E-state index contributed by atoms with van der Waals surface area (Å²) in [7, 11) is 0. The monoisotopic (exact) mass is 317 g/mol. The molecule has 0 amide bonds. The minimum Gasteiger partial charge on any atom is -0.488 e. The van der Waals surface area contributed by atoms with Gasteiger partial charge in [0.15, 0.2) is 0 Å². The van der Waals surface area contributed by atoms with E-state index in [0.717, 1.165) is 28.0 Å². The summed E-state index contributed by atoms with van der Waals surface area (Å²) in [6, 6.07) is 7.98. The SMILES string of the molecule is C=C(CNCC)COc1ccccc1I. The number of rotatable bonds is 6. The molecule has 0 aromatic heterocycles. The van der Waals surface area contributed by atoms with Gasteiger partial charge in [0.1, 0.15) is 12.4 Å². The first-order valence-corrected chi connectivity index (χ1v) is 6.06. The Morgan fingerprint density at radius 1 is 1.47 bits per heavy atom. The Bertz CT molecular complexity index is 325. The van der Waals surface area contributed by atoms with Crippen LogP contribution in [0.3, 0.4) is 0 Å². The molecule has 0 saturated carbocycles. The van der Waals surface area contributed by atoms with Crippen LogP contribution in [-0.2, 0) is 0 Å². The van der Waals surface area contributed by atoms with Crippen LogP contribution in [-0.4, -0.2) is 19.7 Å². The van der Waals surface area contributed by atoms with Gasteiger partial charge in [-0.2, -0.15) is 0 Å². The fraction of sp³-hybridized carbons (Fsp3) is 0.333. The van der Waals surface area contributed by atoms with Gasteiger partial charge in [-0.05, 0) is 46.8 Å². The van der Waals surface area contributed by atoms with Crippen LogP contribution in [0.1, 0.15) is 6.92 Å². The first-order valence-electron chi connectivity index (χ1n) is 4.98. The van der Waals surface area contributed by atoms with Gasteiger partial charge in [0.2, 0.25) is 0 Å². The third kappa shape index (κ3) is 4.66. The number of likely N-dealkylation sites (N-methyl/N-ethyl adjacent to an activating group) is 1. The largest absolute Gasteiger partial charge is 0.488 e. The molecule has 0 atom stereocenters. The van der Waals surface area contributed by atoms with E-state index in [1.54, 1.807) is 0 Å². The van der Waals surface area contributed by atoms with Crippen LogP contribution in [0.2, 0.25) is 0 Å². The molecule has 0 saturated heterocycles. The molecule has 0 unspecified atom stereocenters. The third-order valence-corrected chi connectivity index (χ3v) is 2.78. The Hall–Kier alpha value is -0.550. The van der Waals surface area contributed by atoms with Gasteiger partial charge in [-0.15, -0.1) is 0 Å². The highest BCUT2D eigenvalue weighted by atomic mass is 127. The lowest BCUT2D eigenvalue weighted by atomic mass is 10.3. The van der Waals surface area contributed by atoms with Gasteiger partial charge in [0.05, 0.1) is 3.57 Å². The van der Waals surface area contributed by atoms with Crippen molar-refractivity contribution < 1.29 is 4.74 Å². The average molecular weight is 317 g/mol. The van der Waals surface area contributed by atoms with E-state index in [0.29, 0.717) is 6.61 Å². The molecule has 1 rings (SSSR count). The number of benzene rings is 1. The maximum atomic E-state index is 5.65. The minimum absolute atomic E-state index is 0.576. The first-order chi connectivity index (χ1) is 7.24. The lowest BCUT2D eigenvalue weighted by molar-refractivity contribution is 0.346. The molecule has 0 heterocycles. The van der Waals surface area contributed by atoms with Crippen molar-refractivity contribution in [2.75, 3.05) is 19.7 Å². The van der Waals surface area contributed by atoms with E-state index in [1.807, 2.05) is 24.3 Å². The molecule has 82 valence electrons. The predicted molar refractivity (Wildman–Crippen MR) is 72.3 cm³/mol. The summed E-state index contributed by atoms with van der Waals surface area (Å²) in [4.78, 5) is 0. The molecule has 0 fully saturated rings. The Morgan fingerprint density at radius 3 is 2.87 bits per heavy atom. The van der Waals surface area contributed by atoms with Gasteiger partial charge in [-0.25, -0.2) is 0 Å². The fourth-order valence-corrected chi connectivity index (χ4v) is 1.64. The summed E-state index contributed by atoms with van der Waals surface area (Å²) in [5, 5.41) is 3.22. The number of hydrogen-bond acceptors (Lipinski definition) is 2. The van der Waals surface area contributed by atoms with Crippen molar-refractivity contribution in [1.29, 1.82) is 0 Å². The van der Waals surface area contributed by atoms with E-state index < -0.39 is 0 Å². The smallest absolute Gasteiger partial charge is 0.133 e. The second-order valence-corrected chi connectivity index (χ2v) is 4.41. The minimum atomic E-state index is 0.576. The van der Waals surface area contributed by atoms with Crippen LogP contribution >= 0.6 is 22.6 Å². The molecule has 1 N–H and O–H groups in total. The molecule has 0 spiro atoms. The second-order valence-electron chi connectivity index (χ2n) is 3.25. The van der Waals surface area contributed by atoms with Crippen molar-refractivity contribution in [3.05, 3.63) is 40.0 Å². The van der Waals surface area contributed by atoms with E-state index in [4.69, 9.17) is 4.74 Å². The van der Waals surface area contributed by atoms with Crippen molar-refractivity contribution in [2.24, 2.45) is 0 Å². The molecule has 0 aliphatic heterocycles. The maximum absolute atomic E-state index is 5.65. The lowest BCUT2D eigenvalue weighted by Crippen LogP contribution is -2.18. The van der Waals surface area contributed by atoms with E-state index in [1.165, 1.54) is 0 Å². The van der Waals surface area contributed by atoms with Crippen molar-refractivity contribution in [1.82, 2.24) is 5.32 Å². The normalized spacial score (nSPS) is 10.0. The third-order valence-electron chi connectivity index (χ3n) is 1.89. The Balaban J connectivity index is 2.37. The quantitative estimate of drug-likeness (QED) is 0.643. The van der Waals surface area contributed by atoms with Crippen LogP contribution in [0.15, 0.2) is 36.4 Å². The fourth-order valence-electron chi connectivity index (χ4n) is 1.09. The molecule has 2 nitrogen and oxygen atoms in total. The average Bonchev–Trinajstić information content (AvgIpc) is 2.25. The van der Waals surface area contributed by atoms with Crippen molar-refractivity contribution in [3.63, 3.8) is 0 Å². The summed E-state index contributed by atoms with van der Waals surface area (Å²) in [6.07, 6.45) is 0. The van der Waals surface area contributed by atoms with Gasteiger partial charge in [0, 0.05) is 6.54 Å². The zero-order valence-corrected chi connectivity index (χ0v) is 11.1. The molecule has 0 aliphatic carbocycles. The molecule has 3 heteroatoms. The van der Waals surface area contributed by atoms with Crippen LogP contribution < -0.4 is 10.1 Å². The van der Waals surface area contributed by atoms with Crippen LogP contribution in [0.4, 0.5) is 0 Å². The predicted octanol–water partition coefficient (Wildman–Crippen LogP) is 2.84. The molecular weight excluding hydrogens is 301 g/mol.